The van der Waals surface area contributed by atoms with Crippen molar-refractivity contribution in [3.05, 3.63) is 29.8 Å². The Morgan fingerprint density at radius 3 is 2.74 bits per heavy atom. The first-order valence-corrected chi connectivity index (χ1v) is 6.75. The molecule has 1 N–H and O–H groups in total. The van der Waals surface area contributed by atoms with Crippen LogP contribution in [-0.4, -0.2) is 41.7 Å². The largest absolute Gasteiger partial charge is 0.491 e. The second-order valence-corrected chi connectivity index (χ2v) is 4.66. The number of amides is 1. The van der Waals surface area contributed by atoms with E-state index in [0.717, 1.165) is 0 Å². The molecule has 0 saturated carbocycles. The zero-order valence-corrected chi connectivity index (χ0v) is 11.9. The molecule has 0 fully saturated rings. The molecule has 0 radical (unpaired) electrons. The fraction of sp³-hybridized carbons (Fsp3) is 0.533. The van der Waals surface area contributed by atoms with Crippen molar-refractivity contribution in [2.75, 3.05) is 19.7 Å². The fourth-order valence-corrected chi connectivity index (χ4v) is 1.82. The van der Waals surface area contributed by atoms with Gasteiger partial charge in [0.15, 0.2) is 0 Å². The van der Waals surface area contributed by atoms with Gasteiger partial charge < -0.3 is 14.7 Å². The third-order valence-electron chi connectivity index (χ3n) is 2.71. The summed E-state index contributed by atoms with van der Waals surface area (Å²) in [5, 5.41) is 8.85. The van der Waals surface area contributed by atoms with E-state index >= 15 is 0 Å². The molecular formula is C15H23NO3. The second kappa shape index (κ2) is 7.79. The average Bonchev–Trinajstić information content (AvgIpc) is 2.39. The third kappa shape index (κ3) is 4.91. The highest BCUT2D eigenvalue weighted by Crippen LogP contribution is 2.16. The molecule has 0 unspecified atom stereocenters. The highest BCUT2D eigenvalue weighted by atomic mass is 16.5. The van der Waals surface area contributed by atoms with E-state index in [4.69, 9.17) is 9.84 Å². The molecule has 4 nitrogen and oxygen atoms in total. The van der Waals surface area contributed by atoms with Crippen LogP contribution in [0.25, 0.3) is 0 Å². The van der Waals surface area contributed by atoms with E-state index in [-0.39, 0.29) is 18.6 Å². The van der Waals surface area contributed by atoms with E-state index in [0.29, 0.717) is 30.8 Å². The highest BCUT2D eigenvalue weighted by Gasteiger charge is 2.14. The Morgan fingerprint density at radius 2 is 2.16 bits per heavy atom. The Morgan fingerprint density at radius 1 is 1.42 bits per heavy atom. The van der Waals surface area contributed by atoms with Gasteiger partial charge in [0.05, 0.1) is 6.10 Å². The van der Waals surface area contributed by atoms with Gasteiger partial charge in [0.2, 0.25) is 0 Å². The van der Waals surface area contributed by atoms with Gasteiger partial charge in [0.25, 0.3) is 5.91 Å². The molecule has 0 atom stereocenters. The van der Waals surface area contributed by atoms with Gasteiger partial charge in [-0.1, -0.05) is 6.07 Å². The van der Waals surface area contributed by atoms with Gasteiger partial charge in [0.1, 0.15) is 5.75 Å². The van der Waals surface area contributed by atoms with Crippen LogP contribution in [-0.2, 0) is 0 Å². The summed E-state index contributed by atoms with van der Waals surface area (Å²) in [5.74, 6) is 0.684. The summed E-state index contributed by atoms with van der Waals surface area (Å²) in [6.07, 6.45) is 0.684. The van der Waals surface area contributed by atoms with Crippen LogP contribution in [0.15, 0.2) is 24.3 Å². The number of rotatable bonds is 7. The summed E-state index contributed by atoms with van der Waals surface area (Å²) in [6, 6.07) is 7.23. The lowest BCUT2D eigenvalue weighted by Crippen LogP contribution is -2.32. The van der Waals surface area contributed by atoms with Crippen LogP contribution in [0.4, 0.5) is 0 Å². The molecule has 0 spiro atoms. The normalized spacial score (nSPS) is 10.6. The summed E-state index contributed by atoms with van der Waals surface area (Å²) in [5.41, 5.74) is 0.623. The third-order valence-corrected chi connectivity index (χ3v) is 2.71. The average molecular weight is 265 g/mol. The van der Waals surface area contributed by atoms with Gasteiger partial charge in [-0.05, 0) is 45.4 Å². The van der Waals surface area contributed by atoms with Crippen LogP contribution in [0.1, 0.15) is 37.6 Å². The Hall–Kier alpha value is -1.55. The maximum Gasteiger partial charge on any atom is 0.253 e. The Kier molecular flexibility index (Phi) is 6.36. The van der Waals surface area contributed by atoms with Crippen LogP contribution in [0.5, 0.6) is 5.75 Å². The minimum absolute atomic E-state index is 0.0230. The quantitative estimate of drug-likeness (QED) is 0.823. The van der Waals surface area contributed by atoms with E-state index in [9.17, 15) is 4.79 Å². The Labute approximate surface area is 115 Å². The lowest BCUT2D eigenvalue weighted by molar-refractivity contribution is 0.0753. The number of ether oxygens (including phenoxy) is 1. The van der Waals surface area contributed by atoms with E-state index in [1.807, 2.05) is 32.9 Å². The maximum atomic E-state index is 12.3. The summed E-state index contributed by atoms with van der Waals surface area (Å²) in [6.45, 7) is 7.14. The Balaban J connectivity index is 2.79. The number of nitrogens with zero attached hydrogens (tertiary/aromatic N) is 1. The van der Waals surface area contributed by atoms with Crippen molar-refractivity contribution in [1.29, 1.82) is 0 Å². The van der Waals surface area contributed by atoms with E-state index in [1.54, 1.807) is 17.0 Å². The molecule has 1 aromatic rings. The number of hydrogen-bond donors (Lipinski definition) is 1. The van der Waals surface area contributed by atoms with Crippen LogP contribution in [0, 0.1) is 0 Å². The molecule has 19 heavy (non-hydrogen) atoms. The fourth-order valence-electron chi connectivity index (χ4n) is 1.82. The first-order valence-electron chi connectivity index (χ1n) is 6.75. The number of carbonyl (C=O) groups is 1. The molecule has 0 aliphatic rings. The summed E-state index contributed by atoms with van der Waals surface area (Å²) in [7, 11) is 0. The standard InChI is InChI=1S/C15H23NO3/c1-4-16(9-6-10-17)15(18)13-7-5-8-14(11-13)19-12(2)3/h5,7-8,11-12,17H,4,6,9-10H2,1-3H3. The predicted octanol–water partition coefficient (Wildman–Crippen LogP) is 2.32. The molecule has 1 aromatic carbocycles. The molecule has 1 rings (SSSR count). The van der Waals surface area contributed by atoms with E-state index in [1.165, 1.54) is 0 Å². The van der Waals surface area contributed by atoms with Gasteiger partial charge in [-0.3, -0.25) is 4.79 Å². The van der Waals surface area contributed by atoms with Gasteiger partial charge in [-0.25, -0.2) is 0 Å². The SMILES string of the molecule is CCN(CCCO)C(=O)c1cccc(OC(C)C)c1. The topological polar surface area (TPSA) is 49.8 Å². The lowest BCUT2D eigenvalue weighted by Gasteiger charge is -2.21. The van der Waals surface area contributed by atoms with Crippen molar-refractivity contribution in [3.63, 3.8) is 0 Å². The number of aliphatic hydroxyl groups excluding tert-OH is 1. The monoisotopic (exact) mass is 265 g/mol. The molecule has 0 aliphatic heterocycles. The first kappa shape index (κ1) is 15.5. The molecule has 0 bridgehead atoms. The van der Waals surface area contributed by atoms with Crippen molar-refractivity contribution in [3.8, 4) is 5.75 Å². The summed E-state index contributed by atoms with van der Waals surface area (Å²) in [4.78, 5) is 14.0. The summed E-state index contributed by atoms with van der Waals surface area (Å²) < 4.78 is 5.59. The molecule has 0 aromatic heterocycles. The van der Waals surface area contributed by atoms with Crippen LogP contribution >= 0.6 is 0 Å². The van der Waals surface area contributed by atoms with Crippen LogP contribution in [0.2, 0.25) is 0 Å². The summed E-state index contributed by atoms with van der Waals surface area (Å²) >= 11 is 0. The molecule has 4 heteroatoms. The van der Waals surface area contributed by atoms with Crippen molar-refractivity contribution in [2.45, 2.75) is 33.3 Å². The molecule has 0 aliphatic carbocycles. The van der Waals surface area contributed by atoms with E-state index in [2.05, 4.69) is 0 Å². The molecule has 106 valence electrons. The second-order valence-electron chi connectivity index (χ2n) is 4.66. The minimum Gasteiger partial charge on any atom is -0.491 e. The maximum absolute atomic E-state index is 12.3. The highest BCUT2D eigenvalue weighted by molar-refractivity contribution is 5.94. The zero-order chi connectivity index (χ0) is 14.3. The first-order chi connectivity index (χ1) is 9.08. The van der Waals surface area contributed by atoms with Crippen LogP contribution in [0.3, 0.4) is 0 Å². The van der Waals surface area contributed by atoms with E-state index < -0.39 is 0 Å². The molecule has 1 amide bonds. The van der Waals surface area contributed by atoms with Gasteiger partial charge >= 0.3 is 0 Å². The van der Waals surface area contributed by atoms with Crippen molar-refractivity contribution in [1.82, 2.24) is 4.90 Å². The van der Waals surface area contributed by atoms with Gasteiger partial charge in [0, 0.05) is 25.3 Å². The number of hydrogen-bond acceptors (Lipinski definition) is 3. The van der Waals surface area contributed by atoms with Gasteiger partial charge in [-0.15, -0.1) is 0 Å². The molecule has 0 saturated heterocycles. The predicted molar refractivity (Wildman–Crippen MR) is 75.5 cm³/mol. The lowest BCUT2D eigenvalue weighted by atomic mass is 10.2. The number of benzene rings is 1. The molecular weight excluding hydrogens is 242 g/mol. The smallest absolute Gasteiger partial charge is 0.253 e. The van der Waals surface area contributed by atoms with Crippen LogP contribution < -0.4 is 4.74 Å². The van der Waals surface area contributed by atoms with Crippen molar-refractivity contribution >= 4 is 5.91 Å². The van der Waals surface area contributed by atoms with Crippen molar-refractivity contribution in [2.24, 2.45) is 0 Å². The zero-order valence-electron chi connectivity index (χ0n) is 11.9. The Bertz CT molecular complexity index is 404. The van der Waals surface area contributed by atoms with Gasteiger partial charge in [-0.2, -0.15) is 0 Å². The molecule has 0 heterocycles. The number of carbonyl (C=O) groups excluding carboxylic acids is 1. The van der Waals surface area contributed by atoms with Crippen molar-refractivity contribution < 1.29 is 14.6 Å². The minimum atomic E-state index is -0.0230. The number of aliphatic hydroxyl groups is 1.